The van der Waals surface area contributed by atoms with Gasteiger partial charge in [0.25, 0.3) is 0 Å². The van der Waals surface area contributed by atoms with Crippen LogP contribution in [0.2, 0.25) is 0 Å². The van der Waals surface area contributed by atoms with Crippen molar-refractivity contribution in [2.24, 2.45) is 5.92 Å². The number of piperazine rings is 1. The normalized spacial score (nSPS) is 16.0. The van der Waals surface area contributed by atoms with Crippen LogP contribution in [0.25, 0.3) is 0 Å². The number of nitrogen functional groups attached to an aromatic ring is 1. The maximum absolute atomic E-state index is 11.9. The minimum absolute atomic E-state index is 0.0878. The van der Waals surface area contributed by atoms with Crippen LogP contribution < -0.4 is 10.6 Å². The molecule has 0 unspecified atom stereocenters. The Morgan fingerprint density at radius 1 is 1.21 bits per heavy atom. The molecule has 19 heavy (non-hydrogen) atoms. The number of nitrogens with two attached hydrogens (primary N) is 1. The number of benzene rings is 1. The van der Waals surface area contributed by atoms with Gasteiger partial charge in [0.1, 0.15) is 0 Å². The van der Waals surface area contributed by atoms with E-state index in [0.29, 0.717) is 0 Å². The van der Waals surface area contributed by atoms with Crippen molar-refractivity contribution in [1.82, 2.24) is 4.90 Å². The van der Waals surface area contributed by atoms with Gasteiger partial charge < -0.3 is 15.5 Å². The molecule has 1 aliphatic rings. The number of hydrogen-bond donors (Lipinski definition) is 1. The third-order valence-corrected chi connectivity index (χ3v) is 3.65. The SMILES string of the molecule is Cc1cc(N)ccc1N1CCN(C(=O)C(C)C)CC1. The molecule has 1 aliphatic heterocycles. The lowest BCUT2D eigenvalue weighted by atomic mass is 10.1. The molecule has 104 valence electrons. The average Bonchev–Trinajstić information content (AvgIpc) is 2.38. The van der Waals surface area contributed by atoms with Gasteiger partial charge in [-0.2, -0.15) is 0 Å². The number of hydrogen-bond acceptors (Lipinski definition) is 3. The molecule has 0 saturated carbocycles. The second-order valence-corrected chi connectivity index (χ2v) is 5.51. The zero-order valence-electron chi connectivity index (χ0n) is 12.0. The number of rotatable bonds is 2. The molecule has 2 N–H and O–H groups in total. The van der Waals surface area contributed by atoms with Crippen LogP contribution >= 0.6 is 0 Å². The summed E-state index contributed by atoms with van der Waals surface area (Å²) in [7, 11) is 0. The van der Waals surface area contributed by atoms with Gasteiger partial charge in [-0.05, 0) is 30.7 Å². The molecule has 4 heteroatoms. The minimum atomic E-state index is 0.0878. The number of nitrogens with zero attached hydrogens (tertiary/aromatic N) is 2. The fraction of sp³-hybridized carbons (Fsp3) is 0.533. The molecule has 0 atom stereocenters. The minimum Gasteiger partial charge on any atom is -0.399 e. The molecule has 1 amide bonds. The average molecular weight is 261 g/mol. The Hall–Kier alpha value is -1.71. The lowest BCUT2D eigenvalue weighted by molar-refractivity contribution is -0.134. The Balaban J connectivity index is 2.02. The summed E-state index contributed by atoms with van der Waals surface area (Å²) in [6, 6.07) is 6.01. The lowest BCUT2D eigenvalue weighted by Crippen LogP contribution is -2.50. The second kappa shape index (κ2) is 5.51. The summed E-state index contributed by atoms with van der Waals surface area (Å²) in [5.74, 6) is 0.346. The van der Waals surface area contributed by atoms with E-state index in [1.807, 2.05) is 30.9 Å². The van der Waals surface area contributed by atoms with Gasteiger partial charge in [0, 0.05) is 43.5 Å². The Labute approximate surface area is 115 Å². The maximum atomic E-state index is 11.9. The van der Waals surface area contributed by atoms with Crippen molar-refractivity contribution in [3.05, 3.63) is 23.8 Å². The standard InChI is InChI=1S/C15H23N3O/c1-11(2)15(19)18-8-6-17(7-9-18)14-5-4-13(16)10-12(14)3/h4-5,10-11H,6-9,16H2,1-3H3. The van der Waals surface area contributed by atoms with Gasteiger partial charge in [0.15, 0.2) is 0 Å². The highest BCUT2D eigenvalue weighted by Gasteiger charge is 2.23. The van der Waals surface area contributed by atoms with E-state index in [-0.39, 0.29) is 11.8 Å². The van der Waals surface area contributed by atoms with Gasteiger partial charge in [-0.25, -0.2) is 0 Å². The number of aryl methyl sites for hydroxylation is 1. The predicted octanol–water partition coefficient (Wildman–Crippen LogP) is 1.88. The topological polar surface area (TPSA) is 49.6 Å². The molecule has 0 aromatic heterocycles. The van der Waals surface area contributed by atoms with Crippen LogP contribution in [0, 0.1) is 12.8 Å². The van der Waals surface area contributed by atoms with Crippen molar-refractivity contribution in [2.75, 3.05) is 36.8 Å². The molecule has 1 aromatic rings. The van der Waals surface area contributed by atoms with Crippen LogP contribution in [0.5, 0.6) is 0 Å². The molecule has 0 bridgehead atoms. The lowest BCUT2D eigenvalue weighted by Gasteiger charge is -2.37. The van der Waals surface area contributed by atoms with E-state index in [2.05, 4.69) is 17.9 Å². The highest BCUT2D eigenvalue weighted by molar-refractivity contribution is 5.78. The van der Waals surface area contributed by atoms with E-state index in [1.165, 1.54) is 11.3 Å². The molecule has 0 aliphatic carbocycles. The summed E-state index contributed by atoms with van der Waals surface area (Å²) < 4.78 is 0. The molecule has 1 aromatic carbocycles. The highest BCUT2D eigenvalue weighted by Crippen LogP contribution is 2.23. The number of carbonyl (C=O) groups is 1. The fourth-order valence-corrected chi connectivity index (χ4v) is 2.57. The molecule has 1 saturated heterocycles. The van der Waals surface area contributed by atoms with Crippen LogP contribution in [0.1, 0.15) is 19.4 Å². The van der Waals surface area contributed by atoms with E-state index < -0.39 is 0 Å². The second-order valence-electron chi connectivity index (χ2n) is 5.51. The first-order valence-electron chi connectivity index (χ1n) is 6.89. The number of carbonyl (C=O) groups excluding carboxylic acids is 1. The van der Waals surface area contributed by atoms with Crippen molar-refractivity contribution in [2.45, 2.75) is 20.8 Å². The molecule has 0 spiro atoms. The van der Waals surface area contributed by atoms with Crippen molar-refractivity contribution in [3.63, 3.8) is 0 Å². The molecule has 2 rings (SSSR count). The molecular weight excluding hydrogens is 238 g/mol. The molecule has 4 nitrogen and oxygen atoms in total. The Kier molecular flexibility index (Phi) is 3.98. The smallest absolute Gasteiger partial charge is 0.225 e. The van der Waals surface area contributed by atoms with Gasteiger partial charge in [-0.3, -0.25) is 4.79 Å². The van der Waals surface area contributed by atoms with Crippen LogP contribution in [0.3, 0.4) is 0 Å². The van der Waals surface area contributed by atoms with Gasteiger partial charge in [-0.15, -0.1) is 0 Å². The van der Waals surface area contributed by atoms with Crippen molar-refractivity contribution in [1.29, 1.82) is 0 Å². The van der Waals surface area contributed by atoms with Crippen molar-refractivity contribution in [3.8, 4) is 0 Å². The maximum Gasteiger partial charge on any atom is 0.225 e. The van der Waals surface area contributed by atoms with Crippen molar-refractivity contribution < 1.29 is 4.79 Å². The molecular formula is C15H23N3O. The number of anilines is 2. The number of amides is 1. The van der Waals surface area contributed by atoms with E-state index in [1.54, 1.807) is 0 Å². The largest absolute Gasteiger partial charge is 0.399 e. The highest BCUT2D eigenvalue weighted by atomic mass is 16.2. The summed E-state index contributed by atoms with van der Waals surface area (Å²) in [4.78, 5) is 16.2. The monoisotopic (exact) mass is 261 g/mol. The van der Waals surface area contributed by atoms with Crippen LogP contribution in [0.4, 0.5) is 11.4 Å². The first kappa shape index (κ1) is 13.7. The third-order valence-electron chi connectivity index (χ3n) is 3.65. The first-order chi connectivity index (χ1) is 8.99. The summed E-state index contributed by atoms with van der Waals surface area (Å²) in [6.45, 7) is 9.39. The zero-order chi connectivity index (χ0) is 14.0. The van der Waals surface area contributed by atoms with Crippen LogP contribution in [-0.2, 0) is 4.79 Å². The van der Waals surface area contributed by atoms with Gasteiger partial charge in [0.05, 0.1) is 0 Å². The molecule has 1 heterocycles. The van der Waals surface area contributed by atoms with Crippen LogP contribution in [0.15, 0.2) is 18.2 Å². The summed E-state index contributed by atoms with van der Waals surface area (Å²) in [5, 5.41) is 0. The summed E-state index contributed by atoms with van der Waals surface area (Å²) in [5.41, 5.74) is 9.01. The van der Waals surface area contributed by atoms with E-state index in [0.717, 1.165) is 31.9 Å². The Morgan fingerprint density at radius 2 is 1.84 bits per heavy atom. The predicted molar refractivity (Wildman–Crippen MR) is 79.2 cm³/mol. The van der Waals surface area contributed by atoms with Crippen LogP contribution in [-0.4, -0.2) is 37.0 Å². The third kappa shape index (κ3) is 3.00. The first-order valence-corrected chi connectivity index (χ1v) is 6.89. The Bertz CT molecular complexity index is 462. The quantitative estimate of drug-likeness (QED) is 0.827. The van der Waals surface area contributed by atoms with Gasteiger partial charge in [-0.1, -0.05) is 13.8 Å². The molecule has 1 fully saturated rings. The zero-order valence-corrected chi connectivity index (χ0v) is 12.0. The van der Waals surface area contributed by atoms with Gasteiger partial charge >= 0.3 is 0 Å². The van der Waals surface area contributed by atoms with Gasteiger partial charge in [0.2, 0.25) is 5.91 Å². The Morgan fingerprint density at radius 3 is 2.37 bits per heavy atom. The molecule has 0 radical (unpaired) electrons. The van der Waals surface area contributed by atoms with Crippen molar-refractivity contribution >= 4 is 17.3 Å². The summed E-state index contributed by atoms with van der Waals surface area (Å²) >= 11 is 0. The van der Waals surface area contributed by atoms with E-state index in [9.17, 15) is 4.79 Å². The fourth-order valence-electron chi connectivity index (χ4n) is 2.57. The van der Waals surface area contributed by atoms with E-state index in [4.69, 9.17) is 5.73 Å². The summed E-state index contributed by atoms with van der Waals surface area (Å²) in [6.07, 6.45) is 0. The van der Waals surface area contributed by atoms with E-state index >= 15 is 0 Å².